The van der Waals surface area contributed by atoms with Gasteiger partial charge in [-0.3, -0.25) is 0 Å². The van der Waals surface area contributed by atoms with E-state index in [9.17, 15) is 0 Å². The van der Waals surface area contributed by atoms with Crippen LogP contribution < -0.4 is 0 Å². The minimum atomic E-state index is 0.270. The van der Waals surface area contributed by atoms with Gasteiger partial charge in [-0.05, 0) is 49.9 Å². The Morgan fingerprint density at radius 1 is 1.31 bits per heavy atom. The van der Waals surface area contributed by atoms with Crippen LogP contribution in [0.5, 0.6) is 0 Å². The van der Waals surface area contributed by atoms with E-state index in [-0.39, 0.29) is 5.60 Å². The minimum absolute atomic E-state index is 0.270. The molecule has 1 heterocycles. The summed E-state index contributed by atoms with van der Waals surface area (Å²) in [4.78, 5) is 0. The van der Waals surface area contributed by atoms with Gasteiger partial charge < -0.3 is 4.74 Å². The third kappa shape index (κ3) is 1.38. The molecule has 3 fully saturated rings. The molecule has 1 aliphatic heterocycles. The van der Waals surface area contributed by atoms with Gasteiger partial charge in [-0.15, -0.1) is 0 Å². The van der Waals surface area contributed by atoms with Crippen molar-refractivity contribution in [1.82, 2.24) is 0 Å². The Kier molecular flexibility index (Phi) is 2.68. The predicted octanol–water partition coefficient (Wildman–Crippen LogP) is 4.00. The fraction of sp³-hybridized carbons (Fsp3) is 1.00. The van der Waals surface area contributed by atoms with Gasteiger partial charge >= 0.3 is 0 Å². The molecule has 0 aromatic heterocycles. The summed E-state index contributed by atoms with van der Waals surface area (Å²) in [7, 11) is 0. The van der Waals surface area contributed by atoms with Gasteiger partial charge in [-0.2, -0.15) is 0 Å². The highest BCUT2D eigenvalue weighted by Crippen LogP contribution is 2.70. The number of hydrogen-bond donors (Lipinski definition) is 0. The van der Waals surface area contributed by atoms with Crippen molar-refractivity contribution < 1.29 is 4.74 Å². The Balaban J connectivity index is 1.73. The van der Waals surface area contributed by atoms with Crippen LogP contribution in [0.25, 0.3) is 0 Å². The molecular formula is C14H23BrO. The first-order valence-electron chi connectivity index (χ1n) is 6.83. The van der Waals surface area contributed by atoms with Crippen molar-refractivity contribution >= 4 is 15.9 Å². The van der Waals surface area contributed by atoms with E-state index in [1.54, 1.807) is 0 Å². The second-order valence-electron chi connectivity index (χ2n) is 6.58. The molecule has 0 amide bonds. The van der Waals surface area contributed by atoms with Crippen molar-refractivity contribution in [2.24, 2.45) is 23.2 Å². The monoisotopic (exact) mass is 286 g/mol. The highest BCUT2D eigenvalue weighted by molar-refractivity contribution is 9.09. The average molecular weight is 287 g/mol. The van der Waals surface area contributed by atoms with Gasteiger partial charge in [0.15, 0.2) is 0 Å². The number of halogens is 1. The third-order valence-electron chi connectivity index (χ3n) is 5.72. The van der Waals surface area contributed by atoms with Crippen LogP contribution in [-0.4, -0.2) is 17.5 Å². The molecule has 2 unspecified atom stereocenters. The Morgan fingerprint density at radius 3 is 2.50 bits per heavy atom. The largest absolute Gasteiger partial charge is 0.374 e. The molecule has 0 bridgehead atoms. The van der Waals surface area contributed by atoms with E-state index >= 15 is 0 Å². The molecule has 2 saturated carbocycles. The molecule has 1 nitrogen and oxygen atoms in total. The standard InChI is InChI=1S/C14H23BrO/c1-10(2)11-3-5-14(6-4-11)13(9-15)7-12(13)8-16-14/h10-12H,3-9H2,1-2H3. The SMILES string of the molecule is CC(C)C1CCC2(CC1)OCC1CC12CBr. The van der Waals surface area contributed by atoms with Crippen LogP contribution in [0.15, 0.2) is 0 Å². The Bertz CT molecular complexity index is 276. The second-order valence-corrected chi connectivity index (χ2v) is 7.14. The molecule has 0 radical (unpaired) electrons. The zero-order chi connectivity index (χ0) is 11.4. The second kappa shape index (κ2) is 3.71. The van der Waals surface area contributed by atoms with Gasteiger partial charge in [-0.25, -0.2) is 0 Å². The quantitative estimate of drug-likeness (QED) is 0.697. The van der Waals surface area contributed by atoms with Crippen LogP contribution in [0.3, 0.4) is 0 Å². The zero-order valence-electron chi connectivity index (χ0n) is 10.5. The van der Waals surface area contributed by atoms with E-state index in [0.29, 0.717) is 5.41 Å². The lowest BCUT2D eigenvalue weighted by Gasteiger charge is -2.43. The van der Waals surface area contributed by atoms with Gasteiger partial charge in [0.25, 0.3) is 0 Å². The summed E-state index contributed by atoms with van der Waals surface area (Å²) < 4.78 is 6.24. The summed E-state index contributed by atoms with van der Waals surface area (Å²) in [5.41, 5.74) is 0.807. The molecule has 1 spiro atoms. The van der Waals surface area contributed by atoms with Crippen molar-refractivity contribution in [2.45, 2.75) is 51.6 Å². The molecule has 2 atom stereocenters. The van der Waals surface area contributed by atoms with Crippen LogP contribution in [0, 0.1) is 23.2 Å². The smallest absolute Gasteiger partial charge is 0.0750 e. The first-order valence-corrected chi connectivity index (χ1v) is 7.96. The number of alkyl halides is 1. The maximum atomic E-state index is 6.24. The maximum Gasteiger partial charge on any atom is 0.0750 e. The zero-order valence-corrected chi connectivity index (χ0v) is 12.1. The van der Waals surface area contributed by atoms with Crippen molar-refractivity contribution in [1.29, 1.82) is 0 Å². The van der Waals surface area contributed by atoms with Crippen LogP contribution in [0.2, 0.25) is 0 Å². The molecule has 92 valence electrons. The molecule has 1 saturated heterocycles. The van der Waals surface area contributed by atoms with Crippen LogP contribution in [0.4, 0.5) is 0 Å². The summed E-state index contributed by atoms with van der Waals surface area (Å²) in [6.07, 6.45) is 6.83. The normalized spacial score (nSPS) is 51.0. The molecule has 0 aromatic carbocycles. The van der Waals surface area contributed by atoms with E-state index in [0.717, 1.165) is 29.7 Å². The number of fused-ring (bicyclic) bond motifs is 2. The van der Waals surface area contributed by atoms with Crippen molar-refractivity contribution in [3.8, 4) is 0 Å². The van der Waals surface area contributed by atoms with Crippen molar-refractivity contribution in [3.05, 3.63) is 0 Å². The van der Waals surface area contributed by atoms with E-state index in [1.807, 2.05) is 0 Å². The summed E-state index contributed by atoms with van der Waals surface area (Å²) in [5.74, 6) is 2.68. The molecule has 0 N–H and O–H groups in total. The van der Waals surface area contributed by atoms with E-state index < -0.39 is 0 Å². The van der Waals surface area contributed by atoms with Crippen molar-refractivity contribution in [2.75, 3.05) is 11.9 Å². The van der Waals surface area contributed by atoms with Gasteiger partial charge in [0.1, 0.15) is 0 Å². The minimum Gasteiger partial charge on any atom is -0.374 e. The van der Waals surface area contributed by atoms with Gasteiger partial charge in [0.05, 0.1) is 12.2 Å². The molecule has 3 rings (SSSR count). The first kappa shape index (κ1) is 11.5. The van der Waals surface area contributed by atoms with Crippen LogP contribution in [0.1, 0.15) is 46.0 Å². The summed E-state index contributed by atoms with van der Waals surface area (Å²) >= 11 is 3.75. The average Bonchev–Trinajstić information content (AvgIpc) is 2.96. The van der Waals surface area contributed by atoms with E-state index in [2.05, 4.69) is 29.8 Å². The van der Waals surface area contributed by atoms with Gasteiger partial charge in [-0.1, -0.05) is 29.8 Å². The predicted molar refractivity (Wildman–Crippen MR) is 69.8 cm³/mol. The van der Waals surface area contributed by atoms with Crippen LogP contribution in [-0.2, 0) is 4.74 Å². The molecule has 3 aliphatic rings. The lowest BCUT2D eigenvalue weighted by atomic mass is 9.68. The highest BCUT2D eigenvalue weighted by atomic mass is 79.9. The van der Waals surface area contributed by atoms with E-state index in [4.69, 9.17) is 4.74 Å². The topological polar surface area (TPSA) is 9.23 Å². The van der Waals surface area contributed by atoms with E-state index in [1.165, 1.54) is 32.1 Å². The molecule has 2 aliphatic carbocycles. The Labute approximate surface area is 107 Å². The van der Waals surface area contributed by atoms with Crippen LogP contribution >= 0.6 is 15.9 Å². The Hall–Kier alpha value is 0.440. The number of ether oxygens (including phenoxy) is 1. The number of hydrogen-bond acceptors (Lipinski definition) is 1. The fourth-order valence-corrected chi connectivity index (χ4v) is 5.46. The Morgan fingerprint density at radius 2 is 2.00 bits per heavy atom. The lowest BCUT2D eigenvalue weighted by molar-refractivity contribution is -0.0852. The lowest BCUT2D eigenvalue weighted by Crippen LogP contribution is -2.44. The van der Waals surface area contributed by atoms with Gasteiger partial charge in [0, 0.05) is 10.7 Å². The molecule has 16 heavy (non-hydrogen) atoms. The molecular weight excluding hydrogens is 264 g/mol. The highest BCUT2D eigenvalue weighted by Gasteiger charge is 2.71. The molecule has 0 aromatic rings. The summed E-state index contributed by atoms with van der Waals surface area (Å²) in [6.45, 7) is 5.79. The fourth-order valence-electron chi connectivity index (χ4n) is 4.26. The van der Waals surface area contributed by atoms with Gasteiger partial charge in [0.2, 0.25) is 0 Å². The van der Waals surface area contributed by atoms with Crippen molar-refractivity contribution in [3.63, 3.8) is 0 Å². The maximum absolute atomic E-state index is 6.24. The summed E-state index contributed by atoms with van der Waals surface area (Å²) in [6, 6.07) is 0. The summed E-state index contributed by atoms with van der Waals surface area (Å²) in [5, 5.41) is 1.16. The molecule has 2 heteroatoms. The number of rotatable bonds is 2. The third-order valence-corrected chi connectivity index (χ3v) is 6.72. The first-order chi connectivity index (χ1) is 7.63.